The van der Waals surface area contributed by atoms with E-state index in [-0.39, 0.29) is 0 Å². The third kappa shape index (κ3) is 6.16. The van der Waals surface area contributed by atoms with E-state index >= 15 is 0 Å². The maximum absolute atomic E-state index is 4.52. The van der Waals surface area contributed by atoms with E-state index in [4.69, 9.17) is 0 Å². The molecule has 8 aromatic carbocycles. The summed E-state index contributed by atoms with van der Waals surface area (Å²) in [5.41, 5.74) is 10.7. The summed E-state index contributed by atoms with van der Waals surface area (Å²) in [6.45, 7) is 0. The van der Waals surface area contributed by atoms with Gasteiger partial charge >= 0.3 is 0 Å². The molecule has 0 amide bonds. The molecule has 0 N–H and O–H groups in total. The SMILES string of the molecule is c1ccc(N(c2ccccc2)c2cc(-c3ccc(-c4cccc5c4sc4c6ccccc6c6ccccc6c54)cc3)cc(N(c3cccnc3)c3cccnc3)c2)cc1. The van der Waals surface area contributed by atoms with Gasteiger partial charge in [0.2, 0.25) is 0 Å². The molecule has 0 saturated heterocycles. The van der Waals surface area contributed by atoms with E-state index in [9.17, 15) is 0 Å². The minimum Gasteiger partial charge on any atom is -0.310 e. The Morgan fingerprint density at radius 1 is 0.322 bits per heavy atom. The van der Waals surface area contributed by atoms with E-state index in [1.54, 1.807) is 0 Å². The van der Waals surface area contributed by atoms with Crippen molar-refractivity contribution in [1.82, 2.24) is 9.97 Å². The predicted molar refractivity (Wildman–Crippen MR) is 250 cm³/mol. The number of para-hydroxylation sites is 2. The zero-order valence-electron chi connectivity index (χ0n) is 32.0. The summed E-state index contributed by atoms with van der Waals surface area (Å²) in [5.74, 6) is 0. The summed E-state index contributed by atoms with van der Waals surface area (Å²) in [6, 6.07) is 69.7. The summed E-state index contributed by atoms with van der Waals surface area (Å²) >= 11 is 1.91. The molecule has 4 nitrogen and oxygen atoms in total. The Bertz CT molecular complexity index is 3080. The topological polar surface area (TPSA) is 32.3 Å². The standard InChI is InChI=1S/C54H36N4S/c1-3-14-40(15-4-1)57(41-16-5-2-6-17-41)44-32-39(33-45(34-44)58(42-18-12-30-55-35-42)43-19-13-31-56-36-43)37-26-28-38(29-27-37)46-24-11-25-51-52-49-22-9-7-20-47(49)48-21-8-10-23-50(48)54(52)59-53(46)51/h1-36H. The lowest BCUT2D eigenvalue weighted by molar-refractivity contribution is 1.19. The lowest BCUT2D eigenvalue weighted by Gasteiger charge is -2.30. The van der Waals surface area contributed by atoms with Gasteiger partial charge < -0.3 is 9.80 Å². The van der Waals surface area contributed by atoms with Crippen LogP contribution in [0.2, 0.25) is 0 Å². The number of hydrogen-bond donors (Lipinski definition) is 0. The van der Waals surface area contributed by atoms with Crippen molar-refractivity contribution in [3.8, 4) is 22.3 Å². The van der Waals surface area contributed by atoms with Crippen molar-refractivity contribution >= 4 is 87.2 Å². The van der Waals surface area contributed by atoms with Gasteiger partial charge in [-0.2, -0.15) is 0 Å². The zero-order valence-corrected chi connectivity index (χ0v) is 32.8. The van der Waals surface area contributed by atoms with Crippen LogP contribution < -0.4 is 9.80 Å². The molecule has 59 heavy (non-hydrogen) atoms. The number of benzene rings is 8. The normalized spacial score (nSPS) is 11.4. The van der Waals surface area contributed by atoms with Crippen LogP contribution in [0.15, 0.2) is 219 Å². The molecule has 3 heterocycles. The van der Waals surface area contributed by atoms with Crippen LogP contribution in [0.3, 0.4) is 0 Å². The molecule has 0 aliphatic carbocycles. The summed E-state index contributed by atoms with van der Waals surface area (Å²) in [5, 5.41) is 7.87. The highest BCUT2D eigenvalue weighted by atomic mass is 32.1. The fraction of sp³-hybridized carbons (Fsp3) is 0. The molecule has 0 bridgehead atoms. The van der Waals surface area contributed by atoms with Crippen LogP contribution in [0.5, 0.6) is 0 Å². The van der Waals surface area contributed by atoms with Gasteiger partial charge in [-0.05, 0) is 105 Å². The first kappa shape index (κ1) is 34.6. The summed E-state index contributed by atoms with van der Waals surface area (Å²) < 4.78 is 2.65. The lowest BCUT2D eigenvalue weighted by atomic mass is 9.95. The molecule has 0 fully saturated rings. The van der Waals surface area contributed by atoms with Crippen LogP contribution in [0, 0.1) is 0 Å². The number of rotatable bonds is 8. The van der Waals surface area contributed by atoms with Crippen LogP contribution in [0.1, 0.15) is 0 Å². The quantitative estimate of drug-likeness (QED) is 0.144. The van der Waals surface area contributed by atoms with Gasteiger partial charge in [0.1, 0.15) is 0 Å². The Morgan fingerprint density at radius 3 is 1.41 bits per heavy atom. The summed E-state index contributed by atoms with van der Waals surface area (Å²) in [6.07, 6.45) is 7.43. The largest absolute Gasteiger partial charge is 0.310 e. The molecular formula is C54H36N4S. The Labute approximate surface area is 346 Å². The molecule has 3 aromatic heterocycles. The molecule has 0 saturated carbocycles. The van der Waals surface area contributed by atoms with Crippen LogP contribution in [-0.2, 0) is 0 Å². The van der Waals surface area contributed by atoms with Crippen molar-refractivity contribution in [3.63, 3.8) is 0 Å². The predicted octanol–water partition coefficient (Wildman–Crippen LogP) is 15.4. The molecule has 5 heteroatoms. The van der Waals surface area contributed by atoms with Crippen LogP contribution in [0.4, 0.5) is 34.1 Å². The molecule has 11 aromatic rings. The van der Waals surface area contributed by atoms with Crippen molar-refractivity contribution in [3.05, 3.63) is 219 Å². The van der Waals surface area contributed by atoms with Gasteiger partial charge in [-0.1, -0.05) is 127 Å². The van der Waals surface area contributed by atoms with E-state index in [0.717, 1.165) is 45.3 Å². The second-order valence-corrected chi connectivity index (χ2v) is 15.7. The second-order valence-electron chi connectivity index (χ2n) is 14.7. The minimum atomic E-state index is 0.946. The van der Waals surface area contributed by atoms with E-state index in [0.29, 0.717) is 0 Å². The number of pyridine rings is 2. The molecule has 0 aliphatic heterocycles. The Hall–Kier alpha value is -7.60. The van der Waals surface area contributed by atoms with Gasteiger partial charge in [0.25, 0.3) is 0 Å². The number of anilines is 6. The second kappa shape index (κ2) is 14.7. The summed E-state index contributed by atoms with van der Waals surface area (Å²) in [4.78, 5) is 13.6. The van der Waals surface area contributed by atoms with Gasteiger partial charge in [-0.3, -0.25) is 9.97 Å². The molecule has 0 unspecified atom stereocenters. The highest BCUT2D eigenvalue weighted by Crippen LogP contribution is 2.47. The number of hydrogen-bond acceptors (Lipinski definition) is 5. The Kier molecular flexibility index (Phi) is 8.64. The van der Waals surface area contributed by atoms with Gasteiger partial charge in [-0.25, -0.2) is 0 Å². The van der Waals surface area contributed by atoms with Crippen molar-refractivity contribution in [2.24, 2.45) is 0 Å². The Morgan fingerprint density at radius 2 is 0.814 bits per heavy atom. The number of thiophene rings is 1. The smallest absolute Gasteiger partial charge is 0.0645 e. The number of aromatic nitrogens is 2. The average Bonchev–Trinajstić information content (AvgIpc) is 3.72. The van der Waals surface area contributed by atoms with E-state index in [2.05, 4.69) is 202 Å². The minimum absolute atomic E-state index is 0.946. The highest BCUT2D eigenvalue weighted by Gasteiger charge is 2.21. The first-order chi connectivity index (χ1) is 29.3. The fourth-order valence-corrected chi connectivity index (χ4v) is 9.93. The molecule has 11 rings (SSSR count). The van der Waals surface area contributed by atoms with Crippen molar-refractivity contribution in [2.75, 3.05) is 9.80 Å². The first-order valence-corrected chi connectivity index (χ1v) is 20.6. The maximum atomic E-state index is 4.52. The van der Waals surface area contributed by atoms with Gasteiger partial charge in [-0.15, -0.1) is 11.3 Å². The molecular weight excluding hydrogens is 737 g/mol. The maximum Gasteiger partial charge on any atom is 0.0645 e. The molecule has 0 spiro atoms. The van der Waals surface area contributed by atoms with Crippen LogP contribution in [0.25, 0.3) is 64.0 Å². The van der Waals surface area contributed by atoms with E-state index in [1.165, 1.54) is 52.8 Å². The summed E-state index contributed by atoms with van der Waals surface area (Å²) in [7, 11) is 0. The monoisotopic (exact) mass is 772 g/mol. The third-order valence-electron chi connectivity index (χ3n) is 11.2. The zero-order chi connectivity index (χ0) is 39.1. The third-order valence-corrected chi connectivity index (χ3v) is 12.4. The lowest BCUT2D eigenvalue weighted by Crippen LogP contribution is -2.13. The number of nitrogens with zero attached hydrogens (tertiary/aromatic N) is 4. The Balaban J connectivity index is 1.09. The molecule has 0 aliphatic rings. The average molecular weight is 773 g/mol. The highest BCUT2D eigenvalue weighted by molar-refractivity contribution is 7.27. The van der Waals surface area contributed by atoms with Crippen molar-refractivity contribution in [2.45, 2.75) is 0 Å². The van der Waals surface area contributed by atoms with Crippen LogP contribution in [-0.4, -0.2) is 9.97 Å². The van der Waals surface area contributed by atoms with E-state index in [1.807, 2.05) is 48.3 Å². The molecule has 278 valence electrons. The molecule has 0 radical (unpaired) electrons. The molecule has 0 atom stereocenters. The van der Waals surface area contributed by atoms with Gasteiger partial charge in [0.15, 0.2) is 0 Å². The number of fused-ring (bicyclic) bond motifs is 8. The van der Waals surface area contributed by atoms with Crippen molar-refractivity contribution < 1.29 is 0 Å². The fourth-order valence-electron chi connectivity index (χ4n) is 8.54. The first-order valence-electron chi connectivity index (χ1n) is 19.8. The van der Waals surface area contributed by atoms with E-state index < -0.39 is 0 Å². The van der Waals surface area contributed by atoms with Gasteiger partial charge in [0.05, 0.1) is 23.8 Å². The van der Waals surface area contributed by atoms with Gasteiger partial charge in [0, 0.05) is 60.7 Å². The van der Waals surface area contributed by atoms with Crippen molar-refractivity contribution in [1.29, 1.82) is 0 Å². The van der Waals surface area contributed by atoms with Crippen LogP contribution >= 0.6 is 11.3 Å².